The quantitative estimate of drug-likeness (QED) is 0.0388. The first kappa shape index (κ1) is 46.2. The molecule has 0 aromatic heterocycles. The molecule has 284 valence electrons. The normalized spacial score (nSPS) is 10.9. The Labute approximate surface area is 288 Å². The first-order valence-electron chi connectivity index (χ1n) is 16.6. The number of azide groups is 2. The van der Waals surface area contributed by atoms with Crippen LogP contribution in [-0.2, 0) is 52.2 Å². The summed E-state index contributed by atoms with van der Waals surface area (Å²) in [5, 5.41) is 12.3. The Morgan fingerprint density at radius 1 is 0.510 bits per heavy atom. The Morgan fingerprint density at radius 2 is 0.837 bits per heavy atom. The molecule has 20 nitrogen and oxygen atoms in total. The lowest BCUT2D eigenvalue weighted by molar-refractivity contribution is -0.125. The molecule has 0 rings (SSSR count). The van der Waals surface area contributed by atoms with Crippen molar-refractivity contribution in [1.29, 1.82) is 0 Å². The molecule has 2 N–H and O–H groups in total. The lowest BCUT2D eigenvalue weighted by Gasteiger charge is -2.21. The van der Waals surface area contributed by atoms with Crippen LogP contribution >= 0.6 is 0 Å². The second-order valence-corrected chi connectivity index (χ2v) is 9.83. The third kappa shape index (κ3) is 37.8. The summed E-state index contributed by atoms with van der Waals surface area (Å²) >= 11 is 0. The van der Waals surface area contributed by atoms with E-state index >= 15 is 0 Å². The second-order valence-electron chi connectivity index (χ2n) is 9.83. The van der Waals surface area contributed by atoms with E-state index in [1.54, 1.807) is 4.90 Å². The molecule has 0 unspecified atom stereocenters. The number of nitrogens with one attached hydrogen (secondary N) is 2. The highest BCUT2D eigenvalue weighted by molar-refractivity contribution is 5.81. The number of hydrogen-bond donors (Lipinski definition) is 2. The van der Waals surface area contributed by atoms with Crippen LogP contribution in [-0.4, -0.2) is 181 Å². The molecule has 0 aromatic rings. The summed E-state index contributed by atoms with van der Waals surface area (Å²) in [6, 6.07) is 0. The maximum atomic E-state index is 12.6. The molecule has 0 aliphatic heterocycles. The van der Waals surface area contributed by atoms with Gasteiger partial charge in [-0.05, 0) is 17.5 Å². The van der Waals surface area contributed by atoms with E-state index in [1.807, 2.05) is 6.92 Å². The van der Waals surface area contributed by atoms with E-state index < -0.39 is 0 Å². The van der Waals surface area contributed by atoms with E-state index in [1.165, 1.54) is 0 Å². The maximum absolute atomic E-state index is 12.6. The van der Waals surface area contributed by atoms with Crippen LogP contribution in [0.15, 0.2) is 10.2 Å². The third-order valence-corrected chi connectivity index (χ3v) is 5.80. The van der Waals surface area contributed by atoms with Crippen molar-refractivity contribution in [3.8, 4) is 0 Å². The van der Waals surface area contributed by atoms with Crippen LogP contribution < -0.4 is 10.6 Å². The van der Waals surface area contributed by atoms with Crippen molar-refractivity contribution in [2.45, 2.75) is 13.3 Å². The van der Waals surface area contributed by atoms with E-state index in [4.69, 9.17) is 53.7 Å². The number of hydrogen-bond acceptors (Lipinski definition) is 14. The Balaban J connectivity index is 4.19. The SMILES string of the molecule is CCCOCCOCCOCCN(CC(=O)NCCOCCOCCOCCN=[N+]=[N-])CC(=O)NCCOCCOCCOCCN=[N+]=[N-]. The molecule has 0 radical (unpaired) electrons. The van der Waals surface area contributed by atoms with Crippen LogP contribution in [0.1, 0.15) is 13.3 Å². The fraction of sp³-hybridized carbons (Fsp3) is 0.931. The van der Waals surface area contributed by atoms with E-state index in [-0.39, 0.29) is 38.0 Å². The fourth-order valence-corrected chi connectivity index (χ4v) is 3.52. The average molecular weight is 708 g/mol. The first-order chi connectivity index (χ1) is 24.1. The summed E-state index contributed by atoms with van der Waals surface area (Å²) in [6.07, 6.45) is 0.963. The van der Waals surface area contributed by atoms with Crippen molar-refractivity contribution in [2.24, 2.45) is 10.2 Å². The molecule has 49 heavy (non-hydrogen) atoms. The standard InChI is InChI=1S/C29H57N9O11/c1-2-8-41-14-20-47-25-19-46-13-7-38(26-28(39)32-3-9-42-15-21-48-23-17-44-11-5-34-36-30)27-29(40)33-4-10-43-16-22-49-24-18-45-12-6-35-37-31/h2-27H2,1H3,(H,32,39)(H,33,40). The summed E-state index contributed by atoms with van der Waals surface area (Å²) in [7, 11) is 0. The molecule has 0 bridgehead atoms. The minimum Gasteiger partial charge on any atom is -0.379 e. The number of amides is 2. The van der Waals surface area contributed by atoms with Crippen molar-refractivity contribution in [3.63, 3.8) is 0 Å². The van der Waals surface area contributed by atoms with Gasteiger partial charge in [0.05, 0.1) is 125 Å². The predicted octanol–water partition coefficient (Wildman–Crippen LogP) is 0.701. The molecule has 0 spiro atoms. The second kappa shape index (κ2) is 39.6. The molecule has 0 heterocycles. The van der Waals surface area contributed by atoms with Crippen molar-refractivity contribution >= 4 is 11.8 Å². The summed E-state index contributed by atoms with van der Waals surface area (Å²) in [4.78, 5) is 32.1. The fourth-order valence-electron chi connectivity index (χ4n) is 3.52. The zero-order valence-corrected chi connectivity index (χ0v) is 29.0. The maximum Gasteiger partial charge on any atom is 0.234 e. The third-order valence-electron chi connectivity index (χ3n) is 5.80. The lowest BCUT2D eigenvalue weighted by atomic mass is 10.4. The molecule has 0 aliphatic carbocycles. The molecule has 2 amide bonds. The zero-order valence-electron chi connectivity index (χ0n) is 29.0. The van der Waals surface area contributed by atoms with Crippen LogP contribution in [0.25, 0.3) is 20.9 Å². The lowest BCUT2D eigenvalue weighted by Crippen LogP contribution is -2.45. The molecular weight excluding hydrogens is 650 g/mol. The van der Waals surface area contributed by atoms with E-state index in [0.717, 1.165) is 6.42 Å². The molecule has 0 aromatic carbocycles. The van der Waals surface area contributed by atoms with Crippen LogP contribution in [0.5, 0.6) is 0 Å². The highest BCUT2D eigenvalue weighted by atomic mass is 16.6. The van der Waals surface area contributed by atoms with Gasteiger partial charge in [-0.15, -0.1) is 0 Å². The largest absolute Gasteiger partial charge is 0.379 e. The molecule has 0 saturated carbocycles. The van der Waals surface area contributed by atoms with E-state index in [2.05, 4.69) is 30.7 Å². The van der Waals surface area contributed by atoms with Crippen LogP contribution in [0, 0.1) is 0 Å². The molecule has 20 heteroatoms. The van der Waals surface area contributed by atoms with Gasteiger partial charge in [-0.25, -0.2) is 0 Å². The Kier molecular flexibility index (Phi) is 37.3. The summed E-state index contributed by atoms with van der Waals surface area (Å²) < 4.78 is 48.7. The van der Waals surface area contributed by atoms with Crippen molar-refractivity contribution in [2.75, 3.05) is 165 Å². The van der Waals surface area contributed by atoms with E-state index in [9.17, 15) is 9.59 Å². The number of nitrogens with zero attached hydrogens (tertiary/aromatic N) is 7. The number of ether oxygens (including phenoxy) is 9. The monoisotopic (exact) mass is 707 g/mol. The number of carbonyl (C=O) groups is 2. The Bertz CT molecular complexity index is 812. The van der Waals surface area contributed by atoms with Crippen molar-refractivity contribution in [3.05, 3.63) is 20.9 Å². The van der Waals surface area contributed by atoms with Gasteiger partial charge < -0.3 is 53.3 Å². The van der Waals surface area contributed by atoms with Crippen LogP contribution in [0.2, 0.25) is 0 Å². The summed E-state index contributed by atoms with van der Waals surface area (Å²) in [6.45, 7) is 10.8. The van der Waals surface area contributed by atoms with Crippen LogP contribution in [0.3, 0.4) is 0 Å². The van der Waals surface area contributed by atoms with Gasteiger partial charge in [-0.3, -0.25) is 14.5 Å². The molecule has 0 fully saturated rings. The van der Waals surface area contributed by atoms with Gasteiger partial charge in [0.15, 0.2) is 0 Å². The highest BCUT2D eigenvalue weighted by Crippen LogP contribution is 1.92. The molecule has 0 aliphatic rings. The molecule has 0 saturated heterocycles. The first-order valence-corrected chi connectivity index (χ1v) is 16.6. The minimum atomic E-state index is -0.245. The summed E-state index contributed by atoms with van der Waals surface area (Å²) in [5.41, 5.74) is 16.4. The molecular formula is C29H57N9O11. The van der Waals surface area contributed by atoms with Crippen LogP contribution in [0.4, 0.5) is 0 Å². The van der Waals surface area contributed by atoms with Gasteiger partial charge in [0.25, 0.3) is 0 Å². The van der Waals surface area contributed by atoms with Gasteiger partial charge in [0, 0.05) is 49.2 Å². The Morgan fingerprint density at radius 3 is 1.20 bits per heavy atom. The predicted molar refractivity (Wildman–Crippen MR) is 178 cm³/mol. The average Bonchev–Trinajstić information content (AvgIpc) is 3.09. The van der Waals surface area contributed by atoms with Gasteiger partial charge in [0.1, 0.15) is 0 Å². The van der Waals surface area contributed by atoms with Gasteiger partial charge in [-0.2, -0.15) is 0 Å². The number of carbonyl (C=O) groups excluding carboxylic acids is 2. The Hall–Kier alpha value is -2.84. The minimum absolute atomic E-state index is 0.00786. The number of rotatable bonds is 39. The zero-order chi connectivity index (χ0) is 35.7. The highest BCUT2D eigenvalue weighted by Gasteiger charge is 2.14. The summed E-state index contributed by atoms with van der Waals surface area (Å²) in [5.74, 6) is -0.490. The van der Waals surface area contributed by atoms with Crippen molar-refractivity contribution < 1.29 is 52.2 Å². The van der Waals surface area contributed by atoms with Crippen molar-refractivity contribution in [1.82, 2.24) is 15.5 Å². The van der Waals surface area contributed by atoms with Gasteiger partial charge in [0.2, 0.25) is 11.8 Å². The van der Waals surface area contributed by atoms with Gasteiger partial charge >= 0.3 is 0 Å². The van der Waals surface area contributed by atoms with E-state index in [0.29, 0.717) is 139 Å². The van der Waals surface area contributed by atoms with Gasteiger partial charge in [-0.1, -0.05) is 17.2 Å². The topological polar surface area (TPSA) is 242 Å². The smallest absolute Gasteiger partial charge is 0.234 e. The molecule has 0 atom stereocenters.